The van der Waals surface area contributed by atoms with Crippen LogP contribution < -0.4 is 47.3 Å². The quantitative estimate of drug-likeness (QED) is 0.0323. The monoisotopic (exact) mass is 998 g/mol. The van der Waals surface area contributed by atoms with E-state index in [1.165, 1.54) is 11.6 Å². The zero-order chi connectivity index (χ0) is 47.4. The zero-order valence-corrected chi connectivity index (χ0v) is 40.9. The van der Waals surface area contributed by atoms with Gasteiger partial charge in [-0.15, -0.1) is 0 Å². The van der Waals surface area contributed by atoms with Gasteiger partial charge in [0, 0.05) is 73.0 Å². The number of aromatic nitrogens is 4. The van der Waals surface area contributed by atoms with Crippen molar-refractivity contribution in [2.75, 3.05) is 68.2 Å². The van der Waals surface area contributed by atoms with Crippen LogP contribution in [-0.4, -0.2) is 90.0 Å². The Morgan fingerprint density at radius 1 is 0.925 bits per heavy atom. The van der Waals surface area contributed by atoms with E-state index in [2.05, 4.69) is 78.4 Å². The number of oxazole rings is 1. The first kappa shape index (κ1) is 47.8. The summed E-state index contributed by atoms with van der Waals surface area (Å²) in [5.74, 6) is -0.956. The number of halogens is 2. The first-order valence-corrected chi connectivity index (χ1v) is 26.3. The Morgan fingerprint density at radius 3 is 2.46 bits per heavy atom. The van der Waals surface area contributed by atoms with Crippen LogP contribution in [0, 0.1) is 5.82 Å². The molecule has 5 heterocycles. The van der Waals surface area contributed by atoms with Crippen LogP contribution in [0.5, 0.6) is 5.75 Å². The van der Waals surface area contributed by atoms with Crippen LogP contribution in [0.4, 0.5) is 33.2 Å². The molecule has 2 aliphatic heterocycles. The normalized spacial score (nSPS) is 15.9. The molecule has 2 saturated heterocycles. The van der Waals surface area contributed by atoms with Gasteiger partial charge in [-0.25, -0.2) is 14.2 Å². The molecule has 3 aromatic heterocycles. The molecule has 3 aromatic carbocycles. The molecular formula is C48H57BrFN10O6P. The Hall–Kier alpha value is -5.68. The van der Waals surface area contributed by atoms with Crippen molar-refractivity contribution in [2.24, 2.45) is 0 Å². The zero-order valence-electron chi connectivity index (χ0n) is 38.4. The maximum Gasteiger partial charge on any atom is 0.420 e. The number of piperidine rings is 2. The maximum atomic E-state index is 15.0. The predicted molar refractivity (Wildman–Crippen MR) is 265 cm³/mol. The average Bonchev–Trinajstić information content (AvgIpc) is 3.66. The summed E-state index contributed by atoms with van der Waals surface area (Å²) in [5, 5.41) is 17.8. The van der Waals surface area contributed by atoms with Crippen molar-refractivity contribution in [2.45, 2.75) is 77.8 Å². The van der Waals surface area contributed by atoms with E-state index in [-0.39, 0.29) is 23.9 Å². The molecule has 2 amide bonds. The van der Waals surface area contributed by atoms with Gasteiger partial charge in [0.15, 0.2) is 11.4 Å². The molecule has 1 unspecified atom stereocenters. The first-order chi connectivity index (χ1) is 32.3. The maximum absolute atomic E-state index is 15.0. The number of benzene rings is 3. The number of hydrogen-bond acceptors (Lipinski definition) is 14. The lowest BCUT2D eigenvalue weighted by molar-refractivity contribution is -0.135. The highest BCUT2D eigenvalue weighted by Gasteiger charge is 2.33. The third-order valence-electron chi connectivity index (χ3n) is 12.4. The van der Waals surface area contributed by atoms with E-state index in [1.54, 1.807) is 25.6 Å². The number of carbonyl (C=O) groups excluding carboxylic acids is 2. The fourth-order valence-electron chi connectivity index (χ4n) is 9.04. The Balaban J connectivity index is 0.868. The summed E-state index contributed by atoms with van der Waals surface area (Å²) in [6.07, 6.45) is 5.88. The van der Waals surface area contributed by atoms with Crippen LogP contribution in [-0.2, 0) is 33.4 Å². The molecule has 354 valence electrons. The molecule has 67 heavy (non-hydrogen) atoms. The lowest BCUT2D eigenvalue weighted by atomic mass is 10.0. The second kappa shape index (κ2) is 20.7. The molecule has 0 radical (unpaired) electrons. The molecule has 6 aromatic rings. The standard InChI is InChI=1S/C48H57BrFN10O6P/c1-6-28-25-37(56-47-53-27-33(49)45(58-47)55-36-14-13-35-32(44(36)67(4,5)64)11-10-30(7-2)54-35)40(65-8-3)26-39(28)59-23-18-31(19-24-59)52-22-21-51-20-17-29-9-12-34(50)42-43(29)66-48(63)60(42)38-15-16-41(61)57-46(38)62/h9-14,25-27,31,38,51-52H,6-8,15-24H2,1-5H3,(H,57,61,62)(H2,53,55,56,58). The SMILES string of the molecule is CCOc1cc(N2CCC(NCCNCCc3ccc(F)c4c3oc(=O)n4C3CCC(=O)NC3=O)CC2)c(CC)cc1Nc1ncc(Br)c(Nc2ccc3nc(CC)ccc3c2P(C)(C)=O)n1. The van der Waals surface area contributed by atoms with E-state index in [9.17, 15) is 18.9 Å². The summed E-state index contributed by atoms with van der Waals surface area (Å²) in [6.45, 7) is 14.0. The van der Waals surface area contributed by atoms with E-state index < -0.39 is 36.6 Å². The molecule has 16 nitrogen and oxygen atoms in total. The van der Waals surface area contributed by atoms with E-state index in [1.807, 2.05) is 31.2 Å². The van der Waals surface area contributed by atoms with Crippen molar-refractivity contribution in [3.8, 4) is 5.75 Å². The van der Waals surface area contributed by atoms with Crippen LogP contribution in [0.3, 0.4) is 0 Å². The Bertz CT molecular complexity index is 2930. The molecule has 0 saturated carbocycles. The lowest BCUT2D eigenvalue weighted by Gasteiger charge is -2.35. The minimum Gasteiger partial charge on any atom is -0.492 e. The second-order valence-electron chi connectivity index (χ2n) is 17.2. The van der Waals surface area contributed by atoms with Gasteiger partial charge in [0.05, 0.1) is 28.0 Å². The van der Waals surface area contributed by atoms with E-state index in [4.69, 9.17) is 19.1 Å². The number of anilines is 5. The fraction of sp³-hybridized carbons (Fsp3) is 0.417. The molecule has 2 fully saturated rings. The van der Waals surface area contributed by atoms with E-state index >= 15 is 4.39 Å². The fourth-order valence-corrected chi connectivity index (χ4v) is 10.8. The number of aryl methyl sites for hydroxylation is 2. The van der Waals surface area contributed by atoms with Crippen molar-refractivity contribution in [3.05, 3.63) is 92.4 Å². The molecule has 0 spiro atoms. The van der Waals surface area contributed by atoms with E-state index in [0.717, 1.165) is 83.2 Å². The number of hydrogen-bond donors (Lipinski definition) is 5. The number of carbonyl (C=O) groups is 2. The topological polar surface area (TPSA) is 198 Å². The smallest absolute Gasteiger partial charge is 0.420 e. The van der Waals surface area contributed by atoms with Gasteiger partial charge in [0.25, 0.3) is 0 Å². The Kier molecular flexibility index (Phi) is 14.8. The van der Waals surface area contributed by atoms with Crippen molar-refractivity contribution in [1.82, 2.24) is 35.5 Å². The highest BCUT2D eigenvalue weighted by molar-refractivity contribution is 9.10. The van der Waals surface area contributed by atoms with Crippen LogP contribution in [0.1, 0.15) is 69.3 Å². The highest BCUT2D eigenvalue weighted by Crippen LogP contribution is 2.42. The third kappa shape index (κ3) is 10.6. The molecular weight excluding hydrogens is 942 g/mol. The van der Waals surface area contributed by atoms with Gasteiger partial charge in [-0.05, 0) is 123 Å². The van der Waals surface area contributed by atoms with Crippen LogP contribution in [0.2, 0.25) is 0 Å². The predicted octanol–water partition coefficient (Wildman–Crippen LogP) is 7.46. The first-order valence-electron chi connectivity index (χ1n) is 23.0. The Labute approximate surface area is 396 Å². The number of imide groups is 1. The van der Waals surface area contributed by atoms with Crippen LogP contribution >= 0.6 is 23.1 Å². The average molecular weight is 1000 g/mol. The van der Waals surface area contributed by atoms with Gasteiger partial charge >= 0.3 is 5.76 Å². The van der Waals surface area contributed by atoms with Crippen molar-refractivity contribution < 1.29 is 27.7 Å². The number of amides is 2. The number of nitrogens with one attached hydrogen (secondary N) is 5. The van der Waals surface area contributed by atoms with Crippen molar-refractivity contribution in [3.63, 3.8) is 0 Å². The van der Waals surface area contributed by atoms with Gasteiger partial charge in [0.1, 0.15) is 30.3 Å². The number of fused-ring (bicyclic) bond motifs is 2. The van der Waals surface area contributed by atoms with Gasteiger partial charge < -0.3 is 39.9 Å². The third-order valence-corrected chi connectivity index (χ3v) is 14.5. The highest BCUT2D eigenvalue weighted by atomic mass is 79.9. The summed E-state index contributed by atoms with van der Waals surface area (Å²) in [5.41, 5.74) is 6.27. The van der Waals surface area contributed by atoms with E-state index in [0.29, 0.717) is 65.4 Å². The van der Waals surface area contributed by atoms with Gasteiger partial charge in [-0.2, -0.15) is 4.98 Å². The largest absolute Gasteiger partial charge is 0.492 e. The second-order valence-corrected chi connectivity index (χ2v) is 21.2. The summed E-state index contributed by atoms with van der Waals surface area (Å²) < 4.78 is 42.1. The number of nitrogens with zero attached hydrogens (tertiary/aromatic N) is 5. The number of pyridine rings is 1. The molecule has 2 aliphatic rings. The Morgan fingerprint density at radius 2 is 1.73 bits per heavy atom. The number of ether oxygens (including phenoxy) is 1. The molecule has 1 atom stereocenters. The summed E-state index contributed by atoms with van der Waals surface area (Å²) in [6, 6.07) is 14.3. The van der Waals surface area contributed by atoms with Crippen LogP contribution in [0.25, 0.3) is 22.0 Å². The molecule has 5 N–H and O–H groups in total. The summed E-state index contributed by atoms with van der Waals surface area (Å²) in [4.78, 5) is 53.6. The lowest BCUT2D eigenvalue weighted by Crippen LogP contribution is -2.44. The summed E-state index contributed by atoms with van der Waals surface area (Å²) >= 11 is 3.62. The van der Waals surface area contributed by atoms with Crippen molar-refractivity contribution >= 4 is 91.0 Å². The minimum absolute atomic E-state index is 0.0559. The molecule has 0 aliphatic carbocycles. The van der Waals surface area contributed by atoms with Gasteiger partial charge in [-0.3, -0.25) is 24.5 Å². The van der Waals surface area contributed by atoms with Crippen molar-refractivity contribution in [1.29, 1.82) is 0 Å². The molecule has 19 heteroatoms. The summed E-state index contributed by atoms with van der Waals surface area (Å²) in [7, 11) is -2.75. The minimum atomic E-state index is -2.75. The van der Waals surface area contributed by atoms with Gasteiger partial charge in [0.2, 0.25) is 17.8 Å². The molecule has 8 rings (SSSR count). The number of rotatable bonds is 18. The molecule has 0 bridgehead atoms. The van der Waals surface area contributed by atoms with Crippen LogP contribution in [0.15, 0.2) is 68.4 Å². The van der Waals surface area contributed by atoms with Gasteiger partial charge in [-0.1, -0.05) is 26.0 Å².